The molecule has 0 aliphatic carbocycles. The molecule has 2 heterocycles. The zero-order valence-electron chi connectivity index (χ0n) is 11.7. The van der Waals surface area contributed by atoms with Gasteiger partial charge < -0.3 is 14.9 Å². The van der Waals surface area contributed by atoms with Gasteiger partial charge in [-0.2, -0.15) is 4.98 Å². The van der Waals surface area contributed by atoms with Gasteiger partial charge in [-0.15, -0.1) is 0 Å². The average molecular weight is 290 g/mol. The summed E-state index contributed by atoms with van der Waals surface area (Å²) in [5.41, 5.74) is -0.887. The number of carbonyl (C=O) groups excluding carboxylic acids is 1. The van der Waals surface area contributed by atoms with Gasteiger partial charge in [-0.25, -0.2) is 4.79 Å². The van der Waals surface area contributed by atoms with Crippen LogP contribution in [0.4, 0.5) is 0 Å². The van der Waals surface area contributed by atoms with Crippen LogP contribution in [0, 0.1) is 6.92 Å². The highest BCUT2D eigenvalue weighted by molar-refractivity contribution is 5.96. The van der Waals surface area contributed by atoms with E-state index in [4.69, 9.17) is 9.63 Å². The molecule has 0 aliphatic rings. The molecule has 21 heavy (non-hydrogen) atoms. The molecule has 0 saturated carbocycles. The normalized spacial score (nSPS) is 11.2. The quantitative estimate of drug-likeness (QED) is 0.866. The van der Waals surface area contributed by atoms with Crippen molar-refractivity contribution in [2.45, 2.75) is 26.3 Å². The maximum atomic E-state index is 12.2. The molecule has 0 spiro atoms. The Morgan fingerprint density at radius 1 is 1.38 bits per heavy atom. The van der Waals surface area contributed by atoms with Crippen LogP contribution in [0.2, 0.25) is 0 Å². The summed E-state index contributed by atoms with van der Waals surface area (Å²) in [7, 11) is 0. The number of aryl methyl sites for hydroxylation is 1. The highest BCUT2D eigenvalue weighted by Gasteiger charge is 2.29. The molecule has 0 saturated heterocycles. The molecular formula is C13H14N4O4. The Morgan fingerprint density at radius 2 is 2.10 bits per heavy atom. The van der Waals surface area contributed by atoms with E-state index in [9.17, 15) is 9.59 Å². The monoisotopic (exact) mass is 290 g/mol. The molecule has 2 aromatic rings. The van der Waals surface area contributed by atoms with Crippen molar-refractivity contribution < 1.29 is 19.2 Å². The summed E-state index contributed by atoms with van der Waals surface area (Å²) >= 11 is 0. The SMILES string of the molecule is Cc1nc(C(C)(C)NC(=O)c2cc(C(=O)O)ccn2)no1. The van der Waals surface area contributed by atoms with Crippen LogP contribution in [0.3, 0.4) is 0 Å². The molecule has 2 rings (SSSR count). The Hall–Kier alpha value is -2.77. The Kier molecular flexibility index (Phi) is 3.70. The molecule has 0 aromatic carbocycles. The van der Waals surface area contributed by atoms with Gasteiger partial charge in [0.15, 0.2) is 5.82 Å². The second-order valence-corrected chi connectivity index (χ2v) is 4.95. The summed E-state index contributed by atoms with van der Waals surface area (Å²) in [5, 5.41) is 15.4. The van der Waals surface area contributed by atoms with Gasteiger partial charge in [0.1, 0.15) is 5.69 Å². The number of aromatic carboxylic acids is 1. The van der Waals surface area contributed by atoms with E-state index in [-0.39, 0.29) is 11.3 Å². The topological polar surface area (TPSA) is 118 Å². The van der Waals surface area contributed by atoms with Gasteiger partial charge in [-0.1, -0.05) is 5.16 Å². The minimum Gasteiger partial charge on any atom is -0.478 e. The average Bonchev–Trinajstić information content (AvgIpc) is 2.86. The summed E-state index contributed by atoms with van der Waals surface area (Å²) < 4.78 is 4.88. The summed E-state index contributed by atoms with van der Waals surface area (Å²) in [6.07, 6.45) is 1.27. The van der Waals surface area contributed by atoms with Gasteiger partial charge in [0.25, 0.3) is 5.91 Å². The van der Waals surface area contributed by atoms with E-state index in [0.29, 0.717) is 11.7 Å². The lowest BCUT2D eigenvalue weighted by atomic mass is 10.0. The number of pyridine rings is 1. The molecule has 0 bridgehead atoms. The molecule has 0 unspecified atom stereocenters. The Bertz CT molecular complexity index is 693. The third kappa shape index (κ3) is 3.22. The second kappa shape index (κ2) is 5.31. The first-order valence-electron chi connectivity index (χ1n) is 6.12. The summed E-state index contributed by atoms with van der Waals surface area (Å²) in [6.45, 7) is 5.05. The number of carboxylic acid groups (broad SMARTS) is 1. The van der Waals surface area contributed by atoms with Crippen molar-refractivity contribution in [1.82, 2.24) is 20.4 Å². The summed E-state index contributed by atoms with van der Waals surface area (Å²) in [5.74, 6) is -0.939. The maximum absolute atomic E-state index is 12.2. The van der Waals surface area contributed by atoms with E-state index < -0.39 is 17.4 Å². The zero-order chi connectivity index (χ0) is 15.6. The molecule has 8 heteroatoms. The van der Waals surface area contributed by atoms with E-state index in [1.54, 1.807) is 20.8 Å². The van der Waals surface area contributed by atoms with Crippen LogP contribution in [0.1, 0.15) is 46.4 Å². The number of hydrogen-bond donors (Lipinski definition) is 2. The predicted molar refractivity (Wildman–Crippen MR) is 70.7 cm³/mol. The standard InChI is InChI=1S/C13H14N4O4/c1-7-15-12(17-21-7)13(2,3)16-10(18)9-6-8(11(19)20)4-5-14-9/h4-6H,1-3H3,(H,16,18)(H,19,20). The van der Waals surface area contributed by atoms with Crippen molar-refractivity contribution >= 4 is 11.9 Å². The number of amides is 1. The van der Waals surface area contributed by atoms with Gasteiger partial charge in [-0.3, -0.25) is 9.78 Å². The summed E-state index contributed by atoms with van der Waals surface area (Å²) in [6, 6.07) is 2.52. The smallest absolute Gasteiger partial charge is 0.335 e. The minimum atomic E-state index is -1.13. The van der Waals surface area contributed by atoms with Crippen LogP contribution < -0.4 is 5.32 Å². The fourth-order valence-electron chi connectivity index (χ4n) is 1.64. The van der Waals surface area contributed by atoms with Crippen LogP contribution in [0.15, 0.2) is 22.9 Å². The Labute approximate surface area is 120 Å². The van der Waals surface area contributed by atoms with Gasteiger partial charge in [0, 0.05) is 13.1 Å². The number of nitrogens with zero attached hydrogens (tertiary/aromatic N) is 3. The van der Waals surface area contributed by atoms with Crippen LogP contribution in [-0.4, -0.2) is 32.1 Å². The third-order valence-electron chi connectivity index (χ3n) is 2.75. The molecule has 110 valence electrons. The van der Waals surface area contributed by atoms with Crippen LogP contribution in [-0.2, 0) is 5.54 Å². The Morgan fingerprint density at radius 3 is 2.67 bits per heavy atom. The molecule has 2 N–H and O–H groups in total. The third-order valence-corrected chi connectivity index (χ3v) is 2.75. The minimum absolute atomic E-state index is 0.00296. The lowest BCUT2D eigenvalue weighted by Gasteiger charge is -2.22. The van der Waals surface area contributed by atoms with E-state index in [0.717, 1.165) is 0 Å². The second-order valence-electron chi connectivity index (χ2n) is 4.95. The van der Waals surface area contributed by atoms with Crippen molar-refractivity contribution in [3.63, 3.8) is 0 Å². The number of rotatable bonds is 4. The highest BCUT2D eigenvalue weighted by atomic mass is 16.5. The van der Waals surface area contributed by atoms with Crippen molar-refractivity contribution in [1.29, 1.82) is 0 Å². The van der Waals surface area contributed by atoms with Crippen molar-refractivity contribution in [3.8, 4) is 0 Å². The number of carbonyl (C=O) groups is 2. The molecule has 0 radical (unpaired) electrons. The number of hydrogen-bond acceptors (Lipinski definition) is 6. The molecule has 8 nitrogen and oxygen atoms in total. The number of aromatic nitrogens is 3. The van der Waals surface area contributed by atoms with Crippen LogP contribution in [0.5, 0.6) is 0 Å². The first kappa shape index (κ1) is 14.6. The van der Waals surface area contributed by atoms with Gasteiger partial charge in [0.05, 0.1) is 11.1 Å². The van der Waals surface area contributed by atoms with Gasteiger partial charge >= 0.3 is 5.97 Å². The lowest BCUT2D eigenvalue weighted by Crippen LogP contribution is -2.42. The molecule has 0 atom stereocenters. The van der Waals surface area contributed by atoms with Crippen molar-refractivity contribution in [3.05, 3.63) is 41.3 Å². The fraction of sp³-hybridized carbons (Fsp3) is 0.308. The highest BCUT2D eigenvalue weighted by Crippen LogP contribution is 2.17. The molecular weight excluding hydrogens is 276 g/mol. The zero-order valence-corrected chi connectivity index (χ0v) is 11.7. The lowest BCUT2D eigenvalue weighted by molar-refractivity contribution is 0.0696. The molecule has 0 aliphatic heterocycles. The molecule has 1 amide bonds. The number of carboxylic acids is 1. The van der Waals surface area contributed by atoms with Gasteiger partial charge in [0.2, 0.25) is 5.89 Å². The molecule has 0 fully saturated rings. The Balaban J connectivity index is 2.21. The van der Waals surface area contributed by atoms with E-state index in [1.807, 2.05) is 0 Å². The van der Waals surface area contributed by atoms with E-state index >= 15 is 0 Å². The summed E-state index contributed by atoms with van der Waals surface area (Å²) in [4.78, 5) is 31.0. The van der Waals surface area contributed by atoms with E-state index in [2.05, 4.69) is 20.4 Å². The van der Waals surface area contributed by atoms with E-state index in [1.165, 1.54) is 18.3 Å². The predicted octanol–water partition coefficient (Wildman–Crippen LogP) is 1.14. The van der Waals surface area contributed by atoms with Crippen LogP contribution >= 0.6 is 0 Å². The maximum Gasteiger partial charge on any atom is 0.335 e. The van der Waals surface area contributed by atoms with Crippen molar-refractivity contribution in [2.75, 3.05) is 0 Å². The fourth-order valence-corrected chi connectivity index (χ4v) is 1.64. The first-order chi connectivity index (χ1) is 9.79. The number of nitrogens with one attached hydrogen (secondary N) is 1. The largest absolute Gasteiger partial charge is 0.478 e. The first-order valence-corrected chi connectivity index (χ1v) is 6.12. The van der Waals surface area contributed by atoms with Gasteiger partial charge in [-0.05, 0) is 26.0 Å². The molecule has 2 aromatic heterocycles. The van der Waals surface area contributed by atoms with Crippen LogP contribution in [0.25, 0.3) is 0 Å². The van der Waals surface area contributed by atoms with Crippen molar-refractivity contribution in [2.24, 2.45) is 0 Å².